The molecule has 0 spiro atoms. The van der Waals surface area contributed by atoms with Gasteiger partial charge in [0.1, 0.15) is 5.78 Å². The highest BCUT2D eigenvalue weighted by Crippen LogP contribution is 2.55. The van der Waals surface area contributed by atoms with Gasteiger partial charge in [-0.25, -0.2) is 0 Å². The molecule has 228 valence electrons. The molecule has 5 atom stereocenters. The molecular formula is C40H56O2. The molecule has 0 aromatic heterocycles. The lowest BCUT2D eigenvalue weighted by molar-refractivity contribution is -0.118. The van der Waals surface area contributed by atoms with Crippen LogP contribution in [0.4, 0.5) is 0 Å². The van der Waals surface area contributed by atoms with Crippen molar-refractivity contribution in [1.29, 1.82) is 0 Å². The minimum atomic E-state index is -0.147. The highest BCUT2D eigenvalue weighted by Gasteiger charge is 2.47. The number of rotatable bonds is 5. The zero-order valence-electron chi connectivity index (χ0n) is 28.2. The second kappa shape index (κ2) is 9.79. The van der Waals surface area contributed by atoms with E-state index in [1.54, 1.807) is 11.1 Å². The summed E-state index contributed by atoms with van der Waals surface area (Å²) in [4.78, 5) is 13.1. The van der Waals surface area contributed by atoms with Crippen molar-refractivity contribution < 1.29 is 9.90 Å². The minimum absolute atomic E-state index is 0.0278. The predicted molar refractivity (Wildman–Crippen MR) is 175 cm³/mol. The number of hydrogen-bond acceptors (Lipinski definition) is 2. The topological polar surface area (TPSA) is 37.3 Å². The predicted octanol–water partition coefficient (Wildman–Crippen LogP) is 9.35. The first-order valence-electron chi connectivity index (χ1n) is 16.9. The Kier molecular flexibility index (Phi) is 7.02. The van der Waals surface area contributed by atoms with Gasteiger partial charge in [-0.3, -0.25) is 4.79 Å². The number of carbonyl (C=O) groups is 1. The van der Waals surface area contributed by atoms with Gasteiger partial charge in [0.15, 0.2) is 0 Å². The fourth-order valence-electron chi connectivity index (χ4n) is 9.75. The molecule has 0 bridgehead atoms. The zero-order chi connectivity index (χ0) is 30.6. The van der Waals surface area contributed by atoms with Crippen molar-refractivity contribution >= 4 is 5.78 Å². The van der Waals surface area contributed by atoms with E-state index in [-0.39, 0.29) is 33.7 Å². The van der Waals surface area contributed by atoms with Crippen LogP contribution >= 0.6 is 0 Å². The first-order valence-corrected chi connectivity index (χ1v) is 16.9. The maximum atomic E-state index is 13.1. The van der Waals surface area contributed by atoms with E-state index in [0.29, 0.717) is 23.5 Å². The Hall–Kier alpha value is -1.93. The van der Waals surface area contributed by atoms with E-state index in [2.05, 4.69) is 93.5 Å². The molecular weight excluding hydrogens is 512 g/mol. The van der Waals surface area contributed by atoms with Crippen molar-refractivity contribution in [1.82, 2.24) is 0 Å². The van der Waals surface area contributed by atoms with Gasteiger partial charge in [0.2, 0.25) is 0 Å². The van der Waals surface area contributed by atoms with Crippen LogP contribution < -0.4 is 0 Å². The van der Waals surface area contributed by atoms with Gasteiger partial charge in [0, 0.05) is 12.3 Å². The standard InChI is InChI=1S/C40H56O2/c1-37(2,3)29-12-15-32(35-26-22-25(41)19-24(26)21-27(29)35)40(9,10)18-17-39(7,8)30-13-14-31(38(4,5)6)36-28(30)20-23-11-16-33(42)34(23)36/h12-15,23-26,34,41H,11,16-22H2,1-10H3. The van der Waals surface area contributed by atoms with E-state index in [9.17, 15) is 9.90 Å². The summed E-state index contributed by atoms with van der Waals surface area (Å²) in [7, 11) is 0. The molecule has 42 heavy (non-hydrogen) atoms. The van der Waals surface area contributed by atoms with Crippen LogP contribution in [-0.4, -0.2) is 17.0 Å². The molecule has 0 aliphatic heterocycles. The van der Waals surface area contributed by atoms with Gasteiger partial charge in [0.25, 0.3) is 0 Å². The second-order valence-electron chi connectivity index (χ2n) is 18.0. The summed E-state index contributed by atoms with van der Waals surface area (Å²) in [6.07, 6.45) is 7.98. The van der Waals surface area contributed by atoms with Crippen molar-refractivity contribution in [2.45, 2.75) is 160 Å². The maximum absolute atomic E-state index is 13.1. The van der Waals surface area contributed by atoms with E-state index < -0.39 is 0 Å². The van der Waals surface area contributed by atoms with Gasteiger partial charge in [-0.1, -0.05) is 93.5 Å². The molecule has 2 saturated carbocycles. The van der Waals surface area contributed by atoms with Crippen molar-refractivity contribution in [2.75, 3.05) is 0 Å². The molecule has 2 aromatic carbocycles. The maximum Gasteiger partial charge on any atom is 0.140 e. The molecule has 6 rings (SSSR count). The van der Waals surface area contributed by atoms with E-state index >= 15 is 0 Å². The number of Topliss-reactive ketones (excluding diaryl/α,β-unsaturated/α-hetero) is 1. The van der Waals surface area contributed by atoms with Crippen molar-refractivity contribution in [3.63, 3.8) is 0 Å². The van der Waals surface area contributed by atoms with Gasteiger partial charge in [0.05, 0.1) is 6.10 Å². The summed E-state index contributed by atoms with van der Waals surface area (Å²) in [6.45, 7) is 23.8. The number of aliphatic hydroxyl groups is 1. The van der Waals surface area contributed by atoms with Gasteiger partial charge < -0.3 is 5.11 Å². The number of benzene rings is 2. The molecule has 4 aliphatic carbocycles. The SMILES string of the molecule is CC(C)(C)c1ccc(C(C)(C)CCC(C)(C)c2ccc(C(C)(C)C)c3c2CC2CCC(=O)C32)c2c1CC1CC(O)CC21. The van der Waals surface area contributed by atoms with Crippen LogP contribution in [0.25, 0.3) is 0 Å². The molecule has 2 heteroatoms. The third-order valence-corrected chi connectivity index (χ3v) is 12.0. The monoisotopic (exact) mass is 568 g/mol. The Bertz CT molecular complexity index is 1410. The van der Waals surface area contributed by atoms with Crippen LogP contribution in [0.5, 0.6) is 0 Å². The summed E-state index contributed by atoms with van der Waals surface area (Å²) in [6, 6.07) is 9.70. The third-order valence-electron chi connectivity index (χ3n) is 12.0. The van der Waals surface area contributed by atoms with Gasteiger partial charge in [-0.05, 0) is 129 Å². The largest absolute Gasteiger partial charge is 0.393 e. The number of fused-ring (bicyclic) bond motifs is 6. The Morgan fingerprint density at radius 3 is 1.83 bits per heavy atom. The lowest BCUT2D eigenvalue weighted by Crippen LogP contribution is -2.28. The smallest absolute Gasteiger partial charge is 0.140 e. The van der Waals surface area contributed by atoms with Crippen LogP contribution in [0.15, 0.2) is 24.3 Å². The Morgan fingerprint density at radius 2 is 1.19 bits per heavy atom. The Morgan fingerprint density at radius 1 is 0.667 bits per heavy atom. The second-order valence-corrected chi connectivity index (χ2v) is 18.0. The van der Waals surface area contributed by atoms with E-state index in [0.717, 1.165) is 51.4 Å². The number of hydrogen-bond donors (Lipinski definition) is 1. The highest BCUT2D eigenvalue weighted by atomic mass is 16.3. The Balaban J connectivity index is 1.34. The molecule has 0 heterocycles. The van der Waals surface area contributed by atoms with Crippen LogP contribution in [0, 0.1) is 11.8 Å². The van der Waals surface area contributed by atoms with Crippen LogP contribution in [0.2, 0.25) is 0 Å². The quantitative estimate of drug-likeness (QED) is 0.390. The zero-order valence-corrected chi connectivity index (χ0v) is 28.2. The normalized spacial score (nSPS) is 27.3. The number of ketones is 1. The summed E-state index contributed by atoms with van der Waals surface area (Å²) >= 11 is 0. The first-order chi connectivity index (χ1) is 19.4. The lowest BCUT2D eigenvalue weighted by atomic mass is 9.68. The summed E-state index contributed by atoms with van der Waals surface area (Å²) < 4.78 is 0. The first kappa shape index (κ1) is 30.1. The summed E-state index contributed by atoms with van der Waals surface area (Å²) in [5.41, 5.74) is 12.2. The molecule has 0 saturated heterocycles. The molecule has 1 N–H and O–H groups in total. The minimum Gasteiger partial charge on any atom is -0.393 e. The van der Waals surface area contributed by atoms with Crippen LogP contribution in [0.1, 0.15) is 164 Å². The summed E-state index contributed by atoms with van der Waals surface area (Å²) in [5.74, 6) is 2.20. The molecule has 0 amide bonds. The van der Waals surface area contributed by atoms with Crippen LogP contribution in [0.3, 0.4) is 0 Å². The number of aliphatic hydroxyl groups excluding tert-OH is 1. The third kappa shape index (κ3) is 4.83. The fourth-order valence-corrected chi connectivity index (χ4v) is 9.75. The molecule has 2 fully saturated rings. The average molecular weight is 569 g/mol. The van der Waals surface area contributed by atoms with Crippen LogP contribution in [-0.2, 0) is 39.3 Å². The molecule has 2 aromatic rings. The Labute approximate surface area is 256 Å². The van der Waals surface area contributed by atoms with Gasteiger partial charge in [-0.15, -0.1) is 0 Å². The van der Waals surface area contributed by atoms with Gasteiger partial charge >= 0.3 is 0 Å². The number of carbonyl (C=O) groups excluding carboxylic acids is 1. The molecule has 5 unspecified atom stereocenters. The van der Waals surface area contributed by atoms with Gasteiger partial charge in [-0.2, -0.15) is 0 Å². The fraction of sp³-hybridized carbons (Fsp3) is 0.675. The van der Waals surface area contributed by atoms with Crippen molar-refractivity contribution in [3.8, 4) is 0 Å². The molecule has 0 radical (unpaired) electrons. The summed E-state index contributed by atoms with van der Waals surface area (Å²) in [5, 5.41) is 10.6. The highest BCUT2D eigenvalue weighted by molar-refractivity contribution is 5.90. The van der Waals surface area contributed by atoms with E-state index in [1.165, 1.54) is 33.4 Å². The average Bonchev–Trinajstić information content (AvgIpc) is 3.60. The molecule has 4 aliphatic rings. The van der Waals surface area contributed by atoms with Crippen molar-refractivity contribution in [2.24, 2.45) is 11.8 Å². The van der Waals surface area contributed by atoms with Crippen molar-refractivity contribution in [3.05, 3.63) is 68.8 Å². The van der Waals surface area contributed by atoms with E-state index in [1.807, 2.05) is 0 Å². The molecule has 2 nitrogen and oxygen atoms in total. The lowest BCUT2D eigenvalue weighted by Gasteiger charge is -2.36. The van der Waals surface area contributed by atoms with E-state index in [4.69, 9.17) is 0 Å².